The Morgan fingerprint density at radius 2 is 1.85 bits per heavy atom. The van der Waals surface area contributed by atoms with Crippen LogP contribution in [0.4, 0.5) is 0 Å². The summed E-state index contributed by atoms with van der Waals surface area (Å²) in [5.74, 6) is 0. The second-order valence-electron chi connectivity index (χ2n) is 5.13. The molecule has 0 bridgehead atoms. The molecule has 0 spiro atoms. The van der Waals surface area contributed by atoms with Gasteiger partial charge in [-0.25, -0.2) is 0 Å². The number of benzene rings is 2. The lowest BCUT2D eigenvalue weighted by atomic mass is 9.98. The van der Waals surface area contributed by atoms with E-state index in [2.05, 4.69) is 69.8 Å². The fraction of sp³-hybridized carbons (Fsp3) is 0.200. The van der Waals surface area contributed by atoms with Crippen LogP contribution in [0.25, 0.3) is 22.9 Å². The van der Waals surface area contributed by atoms with Gasteiger partial charge in [-0.15, -0.1) is 0 Å². The van der Waals surface area contributed by atoms with E-state index in [0.717, 1.165) is 6.42 Å². The molecule has 0 atom stereocenters. The maximum absolute atomic E-state index is 3.72. The molecule has 0 saturated heterocycles. The van der Waals surface area contributed by atoms with Crippen molar-refractivity contribution in [2.75, 3.05) is 0 Å². The summed E-state index contributed by atoms with van der Waals surface area (Å²) in [7, 11) is 0. The van der Waals surface area contributed by atoms with E-state index >= 15 is 0 Å². The minimum Gasteiger partial charge on any atom is -0.0991 e. The van der Waals surface area contributed by atoms with Gasteiger partial charge in [-0.1, -0.05) is 68.1 Å². The Morgan fingerprint density at radius 1 is 1.05 bits per heavy atom. The molecule has 2 aromatic rings. The summed E-state index contributed by atoms with van der Waals surface area (Å²) >= 11 is 0. The van der Waals surface area contributed by atoms with Gasteiger partial charge in [0.05, 0.1) is 0 Å². The molecule has 102 valence electrons. The Kier molecular flexibility index (Phi) is 4.57. The molecular weight excluding hydrogens is 240 g/mol. The first-order chi connectivity index (χ1) is 9.67. The zero-order valence-electron chi connectivity index (χ0n) is 12.6. The normalized spacial score (nSPS) is 13.6. The van der Waals surface area contributed by atoms with Crippen LogP contribution >= 0.6 is 0 Å². The Bertz CT molecular complexity index is 774. The highest BCUT2D eigenvalue weighted by molar-refractivity contribution is 5.88. The first kappa shape index (κ1) is 14.3. The van der Waals surface area contributed by atoms with Gasteiger partial charge in [-0.3, -0.25) is 0 Å². The summed E-state index contributed by atoms with van der Waals surface area (Å²) < 4.78 is 0. The van der Waals surface area contributed by atoms with Crippen LogP contribution in [0, 0.1) is 13.8 Å². The molecule has 0 aliphatic rings. The van der Waals surface area contributed by atoms with Crippen molar-refractivity contribution in [2.24, 2.45) is 0 Å². The smallest absolute Gasteiger partial charge is 0.00761 e. The zero-order chi connectivity index (χ0) is 14.5. The molecule has 0 aromatic heterocycles. The summed E-state index contributed by atoms with van der Waals surface area (Å²) in [5.41, 5.74) is 2.66. The minimum atomic E-state index is 1.06. The zero-order valence-corrected chi connectivity index (χ0v) is 12.6. The molecule has 0 aliphatic heterocycles. The highest BCUT2D eigenvalue weighted by Crippen LogP contribution is 2.13. The van der Waals surface area contributed by atoms with Gasteiger partial charge in [0, 0.05) is 0 Å². The molecule has 0 radical (unpaired) electrons. The van der Waals surface area contributed by atoms with Crippen molar-refractivity contribution in [2.45, 2.75) is 27.2 Å². The summed E-state index contributed by atoms with van der Waals surface area (Å²) in [6.45, 7) is 10.3. The van der Waals surface area contributed by atoms with Gasteiger partial charge in [0.2, 0.25) is 0 Å². The maximum atomic E-state index is 3.72. The molecule has 0 fully saturated rings. The summed E-state index contributed by atoms with van der Waals surface area (Å²) in [6, 6.07) is 8.96. The van der Waals surface area contributed by atoms with E-state index in [1.165, 1.54) is 32.3 Å². The van der Waals surface area contributed by atoms with Crippen molar-refractivity contribution in [1.82, 2.24) is 0 Å². The first-order valence-electron chi connectivity index (χ1n) is 7.17. The number of fused-ring (bicyclic) bond motifs is 1. The van der Waals surface area contributed by atoms with Crippen molar-refractivity contribution in [3.8, 4) is 0 Å². The summed E-state index contributed by atoms with van der Waals surface area (Å²) in [6.07, 6.45) is 11.3. The van der Waals surface area contributed by atoms with Crippen LogP contribution in [-0.4, -0.2) is 0 Å². The summed E-state index contributed by atoms with van der Waals surface area (Å²) in [5, 5.41) is 5.29. The molecule has 0 heteroatoms. The van der Waals surface area contributed by atoms with Gasteiger partial charge < -0.3 is 0 Å². The maximum Gasteiger partial charge on any atom is -0.00761 e. The van der Waals surface area contributed by atoms with Gasteiger partial charge >= 0.3 is 0 Å². The van der Waals surface area contributed by atoms with Crippen molar-refractivity contribution in [3.63, 3.8) is 0 Å². The van der Waals surface area contributed by atoms with Crippen molar-refractivity contribution in [3.05, 3.63) is 70.6 Å². The third-order valence-corrected chi connectivity index (χ3v) is 3.54. The van der Waals surface area contributed by atoms with Gasteiger partial charge in [0.15, 0.2) is 0 Å². The number of rotatable bonds is 3. The van der Waals surface area contributed by atoms with E-state index in [1.807, 2.05) is 6.08 Å². The third kappa shape index (κ3) is 2.91. The van der Waals surface area contributed by atoms with Crippen LogP contribution in [-0.2, 0) is 0 Å². The highest BCUT2D eigenvalue weighted by atomic mass is 14.1. The predicted octanol–water partition coefficient (Wildman–Crippen LogP) is 4.17. The molecule has 0 nitrogen and oxygen atoms in total. The van der Waals surface area contributed by atoms with Gasteiger partial charge in [-0.05, 0) is 52.6 Å². The van der Waals surface area contributed by atoms with Crippen molar-refractivity contribution < 1.29 is 0 Å². The molecule has 2 rings (SSSR count). The quantitative estimate of drug-likeness (QED) is 0.728. The fourth-order valence-corrected chi connectivity index (χ4v) is 2.67. The van der Waals surface area contributed by atoms with E-state index < -0.39 is 0 Å². The van der Waals surface area contributed by atoms with E-state index in [4.69, 9.17) is 0 Å². The highest BCUT2D eigenvalue weighted by Gasteiger charge is 2.01. The molecule has 0 aliphatic carbocycles. The number of allylic oxidation sites excluding steroid dienone is 3. The lowest BCUT2D eigenvalue weighted by molar-refractivity contribution is 1.28. The largest absolute Gasteiger partial charge is 0.0991 e. The average Bonchev–Trinajstić information content (AvgIpc) is 2.42. The second kappa shape index (κ2) is 6.38. The monoisotopic (exact) mass is 262 g/mol. The van der Waals surface area contributed by atoms with Crippen LogP contribution in [0.15, 0.2) is 49.1 Å². The summed E-state index contributed by atoms with van der Waals surface area (Å²) in [4.78, 5) is 0. The fourth-order valence-electron chi connectivity index (χ4n) is 2.67. The van der Waals surface area contributed by atoms with E-state index in [0.29, 0.717) is 0 Å². The van der Waals surface area contributed by atoms with Crippen molar-refractivity contribution in [1.29, 1.82) is 0 Å². The van der Waals surface area contributed by atoms with Crippen LogP contribution in [0.5, 0.6) is 0 Å². The Balaban J connectivity index is 2.88. The van der Waals surface area contributed by atoms with Crippen LogP contribution in [0.2, 0.25) is 0 Å². The average molecular weight is 262 g/mol. The number of hydrogen-bond donors (Lipinski definition) is 0. The lowest BCUT2D eigenvalue weighted by Gasteiger charge is -2.06. The van der Waals surface area contributed by atoms with E-state index in [1.54, 1.807) is 6.08 Å². The molecule has 0 amide bonds. The van der Waals surface area contributed by atoms with Gasteiger partial charge in [0.25, 0.3) is 0 Å². The molecule has 0 N–H and O–H groups in total. The van der Waals surface area contributed by atoms with Gasteiger partial charge in [-0.2, -0.15) is 0 Å². The van der Waals surface area contributed by atoms with Crippen molar-refractivity contribution >= 4 is 22.9 Å². The lowest BCUT2D eigenvalue weighted by Crippen LogP contribution is -2.12. The number of aryl methyl sites for hydroxylation is 2. The minimum absolute atomic E-state index is 1.06. The molecule has 0 heterocycles. The number of hydrogen-bond acceptors (Lipinski definition) is 0. The first-order valence-corrected chi connectivity index (χ1v) is 7.17. The molecular formula is C20H22. The topological polar surface area (TPSA) is 0 Å². The second-order valence-corrected chi connectivity index (χ2v) is 5.13. The Hall–Kier alpha value is -2.08. The molecule has 2 aromatic carbocycles. The van der Waals surface area contributed by atoms with Crippen LogP contribution in [0.1, 0.15) is 24.5 Å². The SMILES string of the molecule is C=C/C=C/C=c1/cc(C)cc2cc/c(=C/CC)c(C)c12. The Morgan fingerprint density at radius 3 is 2.55 bits per heavy atom. The molecule has 0 unspecified atom stereocenters. The third-order valence-electron chi connectivity index (χ3n) is 3.54. The Labute approximate surface area is 121 Å². The van der Waals surface area contributed by atoms with Crippen LogP contribution < -0.4 is 10.4 Å². The van der Waals surface area contributed by atoms with Crippen LogP contribution in [0.3, 0.4) is 0 Å². The van der Waals surface area contributed by atoms with Gasteiger partial charge in [0.1, 0.15) is 0 Å². The van der Waals surface area contributed by atoms with E-state index in [9.17, 15) is 0 Å². The standard InChI is InChI=1S/C20H22/c1-5-7-8-10-18-13-15(3)14-19-12-11-17(9-6-2)16(4)20(18)19/h5,7-14H,1,6H2,2-4H3/b8-7+,17-9-,18-10-. The molecule has 20 heavy (non-hydrogen) atoms. The molecule has 0 saturated carbocycles. The predicted molar refractivity (Wildman–Crippen MR) is 91.2 cm³/mol. The van der Waals surface area contributed by atoms with E-state index in [-0.39, 0.29) is 0 Å².